The van der Waals surface area contributed by atoms with Crippen molar-refractivity contribution >= 4 is 0 Å². The highest BCUT2D eigenvalue weighted by Crippen LogP contribution is 2.40. The van der Waals surface area contributed by atoms with Gasteiger partial charge < -0.3 is 14.8 Å². The predicted octanol–water partition coefficient (Wildman–Crippen LogP) is 3.12. The summed E-state index contributed by atoms with van der Waals surface area (Å²) in [5, 5.41) is 3.53. The van der Waals surface area contributed by atoms with Crippen LogP contribution in [-0.4, -0.2) is 32.9 Å². The van der Waals surface area contributed by atoms with Gasteiger partial charge >= 0.3 is 0 Å². The lowest BCUT2D eigenvalue weighted by atomic mass is 9.75. The molecule has 0 radical (unpaired) electrons. The molecule has 0 amide bonds. The Kier molecular flexibility index (Phi) is 5.62. The highest BCUT2D eigenvalue weighted by molar-refractivity contribution is 5.37. The molecular formula is C17H25NO2. The number of methoxy groups -OCH3 is 1. The number of para-hydroxylation sites is 1. The zero-order valence-electron chi connectivity index (χ0n) is 12.5. The zero-order valence-corrected chi connectivity index (χ0v) is 12.5. The maximum atomic E-state index is 5.48. The number of rotatable bonds is 8. The minimum absolute atomic E-state index is 0.610. The van der Waals surface area contributed by atoms with E-state index in [0.29, 0.717) is 18.6 Å². The third-order valence-corrected chi connectivity index (χ3v) is 3.74. The summed E-state index contributed by atoms with van der Waals surface area (Å²) in [6.45, 7) is 8.13. The fourth-order valence-corrected chi connectivity index (χ4v) is 2.62. The van der Waals surface area contributed by atoms with E-state index in [1.807, 2.05) is 19.1 Å². The summed E-state index contributed by atoms with van der Waals surface area (Å²) in [5.74, 6) is 1.64. The molecule has 1 aliphatic carbocycles. The normalized spacial score (nSPS) is 21.3. The molecule has 0 aromatic heterocycles. The predicted molar refractivity (Wildman–Crippen MR) is 82.4 cm³/mol. The van der Waals surface area contributed by atoms with E-state index < -0.39 is 0 Å². The molecule has 0 heterocycles. The van der Waals surface area contributed by atoms with Crippen molar-refractivity contribution in [2.45, 2.75) is 31.7 Å². The van der Waals surface area contributed by atoms with Crippen LogP contribution in [0.15, 0.2) is 36.4 Å². The number of hydrogen-bond donors (Lipinski definition) is 1. The van der Waals surface area contributed by atoms with Crippen LogP contribution in [0.1, 0.15) is 31.2 Å². The molecule has 0 atom stereocenters. The summed E-state index contributed by atoms with van der Waals surface area (Å²) in [7, 11) is 1.74. The lowest BCUT2D eigenvalue weighted by Gasteiger charge is -2.37. The second-order valence-corrected chi connectivity index (χ2v) is 5.57. The van der Waals surface area contributed by atoms with Gasteiger partial charge in [0.25, 0.3) is 0 Å². The van der Waals surface area contributed by atoms with Crippen LogP contribution in [-0.2, 0) is 4.74 Å². The van der Waals surface area contributed by atoms with Crippen LogP contribution in [0, 0.1) is 0 Å². The van der Waals surface area contributed by atoms with Gasteiger partial charge in [-0.2, -0.15) is 0 Å². The Morgan fingerprint density at radius 3 is 2.80 bits per heavy atom. The third-order valence-electron chi connectivity index (χ3n) is 3.74. The van der Waals surface area contributed by atoms with Gasteiger partial charge in [-0.15, -0.1) is 0 Å². The van der Waals surface area contributed by atoms with Crippen LogP contribution in [0.25, 0.3) is 0 Å². The van der Waals surface area contributed by atoms with Gasteiger partial charge in [0.1, 0.15) is 5.75 Å². The van der Waals surface area contributed by atoms with E-state index in [2.05, 4.69) is 24.0 Å². The molecule has 1 N–H and O–H groups in total. The molecule has 2 rings (SSSR count). The molecular weight excluding hydrogens is 250 g/mol. The quantitative estimate of drug-likeness (QED) is 0.584. The Labute approximate surface area is 122 Å². The molecule has 0 bridgehead atoms. The first-order valence-corrected chi connectivity index (χ1v) is 7.29. The van der Waals surface area contributed by atoms with Crippen LogP contribution >= 0.6 is 0 Å². The van der Waals surface area contributed by atoms with Crippen LogP contribution in [0.5, 0.6) is 5.75 Å². The molecule has 110 valence electrons. The number of benzene rings is 1. The molecule has 1 fully saturated rings. The average Bonchev–Trinajstić information content (AvgIpc) is 2.40. The average molecular weight is 275 g/mol. The summed E-state index contributed by atoms with van der Waals surface area (Å²) in [6.07, 6.45) is 2.36. The summed E-state index contributed by atoms with van der Waals surface area (Å²) in [6, 6.07) is 8.94. The number of nitrogens with one attached hydrogen (secondary N) is 1. The minimum Gasteiger partial charge on any atom is -0.496 e. The Morgan fingerprint density at radius 1 is 1.35 bits per heavy atom. The van der Waals surface area contributed by atoms with E-state index in [1.54, 1.807) is 7.11 Å². The molecule has 3 heteroatoms. The van der Waals surface area contributed by atoms with E-state index in [4.69, 9.17) is 9.47 Å². The molecule has 1 aromatic rings. The fraction of sp³-hybridized carbons (Fsp3) is 0.529. The number of hydrogen-bond acceptors (Lipinski definition) is 3. The molecule has 1 aromatic carbocycles. The SMILES string of the molecule is C=C(C)COCCNC1CC(c2ccccc2OC)C1. The second kappa shape index (κ2) is 7.46. The Morgan fingerprint density at radius 2 is 2.10 bits per heavy atom. The first-order chi connectivity index (χ1) is 9.70. The van der Waals surface area contributed by atoms with Gasteiger partial charge in [-0.05, 0) is 37.3 Å². The molecule has 3 nitrogen and oxygen atoms in total. The van der Waals surface area contributed by atoms with Crippen LogP contribution in [0.2, 0.25) is 0 Å². The van der Waals surface area contributed by atoms with Crippen LogP contribution in [0.4, 0.5) is 0 Å². The topological polar surface area (TPSA) is 30.5 Å². The highest BCUT2D eigenvalue weighted by atomic mass is 16.5. The number of ether oxygens (including phenoxy) is 2. The van der Waals surface area contributed by atoms with Crippen molar-refractivity contribution in [1.29, 1.82) is 0 Å². The lowest BCUT2D eigenvalue weighted by Crippen LogP contribution is -2.41. The van der Waals surface area contributed by atoms with Gasteiger partial charge in [0, 0.05) is 12.6 Å². The monoisotopic (exact) mass is 275 g/mol. The maximum absolute atomic E-state index is 5.48. The summed E-state index contributed by atoms with van der Waals surface area (Å²) in [5.41, 5.74) is 2.41. The van der Waals surface area contributed by atoms with Crippen molar-refractivity contribution in [2.75, 3.05) is 26.9 Å². The third kappa shape index (κ3) is 4.09. The van der Waals surface area contributed by atoms with E-state index in [9.17, 15) is 0 Å². The van der Waals surface area contributed by atoms with E-state index in [-0.39, 0.29) is 0 Å². The fourth-order valence-electron chi connectivity index (χ4n) is 2.62. The first kappa shape index (κ1) is 15.1. The van der Waals surface area contributed by atoms with Crippen molar-refractivity contribution in [1.82, 2.24) is 5.32 Å². The van der Waals surface area contributed by atoms with Crippen molar-refractivity contribution in [3.05, 3.63) is 42.0 Å². The molecule has 0 aliphatic heterocycles. The van der Waals surface area contributed by atoms with Gasteiger partial charge in [0.15, 0.2) is 0 Å². The first-order valence-electron chi connectivity index (χ1n) is 7.29. The van der Waals surface area contributed by atoms with Crippen LogP contribution < -0.4 is 10.1 Å². The molecule has 1 aliphatic rings. The smallest absolute Gasteiger partial charge is 0.122 e. The lowest BCUT2D eigenvalue weighted by molar-refractivity contribution is 0.148. The Bertz CT molecular complexity index is 438. The molecule has 0 saturated heterocycles. The second-order valence-electron chi connectivity index (χ2n) is 5.57. The standard InChI is InChI=1S/C17H25NO2/c1-13(2)12-20-9-8-18-15-10-14(11-15)16-6-4-5-7-17(16)19-3/h4-7,14-15,18H,1,8-12H2,2-3H3. The van der Waals surface area contributed by atoms with Gasteiger partial charge in [-0.3, -0.25) is 0 Å². The molecule has 0 spiro atoms. The van der Waals surface area contributed by atoms with E-state index >= 15 is 0 Å². The summed E-state index contributed by atoms with van der Waals surface area (Å²) in [4.78, 5) is 0. The zero-order chi connectivity index (χ0) is 14.4. The van der Waals surface area contributed by atoms with E-state index in [0.717, 1.165) is 24.5 Å². The van der Waals surface area contributed by atoms with Crippen molar-refractivity contribution in [3.63, 3.8) is 0 Å². The van der Waals surface area contributed by atoms with Gasteiger partial charge in [-0.1, -0.05) is 30.4 Å². The van der Waals surface area contributed by atoms with Crippen molar-refractivity contribution in [3.8, 4) is 5.75 Å². The molecule has 20 heavy (non-hydrogen) atoms. The summed E-state index contributed by atoms with van der Waals surface area (Å²) >= 11 is 0. The van der Waals surface area contributed by atoms with Gasteiger partial charge in [-0.25, -0.2) is 0 Å². The van der Waals surface area contributed by atoms with Crippen molar-refractivity contribution in [2.24, 2.45) is 0 Å². The van der Waals surface area contributed by atoms with Crippen molar-refractivity contribution < 1.29 is 9.47 Å². The molecule has 1 saturated carbocycles. The van der Waals surface area contributed by atoms with Crippen LogP contribution in [0.3, 0.4) is 0 Å². The van der Waals surface area contributed by atoms with Gasteiger partial charge in [0.05, 0.1) is 20.3 Å². The highest BCUT2D eigenvalue weighted by Gasteiger charge is 2.31. The Hall–Kier alpha value is -1.32. The maximum Gasteiger partial charge on any atom is 0.122 e. The molecule has 0 unspecified atom stereocenters. The summed E-state index contributed by atoms with van der Waals surface area (Å²) < 4.78 is 10.9. The van der Waals surface area contributed by atoms with E-state index in [1.165, 1.54) is 18.4 Å². The Balaban J connectivity index is 1.66. The minimum atomic E-state index is 0.610. The largest absolute Gasteiger partial charge is 0.496 e. The van der Waals surface area contributed by atoms with Gasteiger partial charge in [0.2, 0.25) is 0 Å².